The summed E-state index contributed by atoms with van der Waals surface area (Å²) in [6.07, 6.45) is -1.31. The van der Waals surface area contributed by atoms with Crippen LogP contribution in [0.2, 0.25) is 5.02 Å². The Balaban J connectivity index is 2.82. The number of hydrogen-bond donors (Lipinski definition) is 4. The fourth-order valence-electron chi connectivity index (χ4n) is 1.43. The van der Waals surface area contributed by atoms with Gasteiger partial charge in [-0.25, -0.2) is 9.59 Å². The molecule has 0 aliphatic heterocycles. The van der Waals surface area contributed by atoms with Crippen LogP contribution in [0.3, 0.4) is 0 Å². The Hall–Kier alpha value is -2.39. The number of carboxylic acid groups (broad SMARTS) is 1. The second-order valence-electron chi connectivity index (χ2n) is 4.08. The number of hydrogen-bond acceptors (Lipinski definition) is 5. The molecule has 2 atom stereocenters. The smallest absolute Gasteiger partial charge is 0.328 e. The summed E-state index contributed by atoms with van der Waals surface area (Å²) in [6, 6.07) is 1.12. The number of nitro benzene ring substituents is 1. The van der Waals surface area contributed by atoms with E-state index in [1.165, 1.54) is 19.1 Å². The van der Waals surface area contributed by atoms with Crippen LogP contribution in [0.4, 0.5) is 16.2 Å². The van der Waals surface area contributed by atoms with Gasteiger partial charge in [-0.2, -0.15) is 0 Å². The molecule has 0 unspecified atom stereocenters. The highest BCUT2D eigenvalue weighted by Crippen LogP contribution is 2.27. The summed E-state index contributed by atoms with van der Waals surface area (Å²) in [7, 11) is 0. The van der Waals surface area contributed by atoms with Crippen LogP contribution in [0.25, 0.3) is 0 Å². The molecule has 0 heterocycles. The molecule has 0 saturated heterocycles. The third-order valence-corrected chi connectivity index (χ3v) is 2.76. The first kappa shape index (κ1) is 16.7. The van der Waals surface area contributed by atoms with Crippen molar-refractivity contribution in [2.45, 2.75) is 19.1 Å². The van der Waals surface area contributed by atoms with E-state index < -0.39 is 34.8 Å². The summed E-state index contributed by atoms with van der Waals surface area (Å²) in [5.41, 5.74) is -0.349. The molecule has 0 aromatic heterocycles. The molecule has 4 N–H and O–H groups in total. The van der Waals surface area contributed by atoms with Gasteiger partial charge in [0.1, 0.15) is 5.02 Å². The van der Waals surface area contributed by atoms with Gasteiger partial charge in [0.15, 0.2) is 6.04 Å². The number of urea groups is 1. The van der Waals surface area contributed by atoms with Crippen LogP contribution in [-0.4, -0.2) is 39.3 Å². The van der Waals surface area contributed by atoms with E-state index in [1.54, 1.807) is 0 Å². The Labute approximate surface area is 123 Å². The van der Waals surface area contributed by atoms with Crippen molar-refractivity contribution < 1.29 is 24.7 Å². The van der Waals surface area contributed by atoms with Crippen LogP contribution in [0.1, 0.15) is 6.92 Å². The lowest BCUT2D eigenvalue weighted by Gasteiger charge is -2.17. The van der Waals surface area contributed by atoms with Crippen molar-refractivity contribution in [3.8, 4) is 0 Å². The van der Waals surface area contributed by atoms with Gasteiger partial charge in [0, 0.05) is 11.8 Å². The van der Waals surface area contributed by atoms with Gasteiger partial charge in [-0.3, -0.25) is 10.1 Å². The van der Waals surface area contributed by atoms with Crippen LogP contribution in [0.15, 0.2) is 18.2 Å². The van der Waals surface area contributed by atoms with E-state index >= 15 is 0 Å². The van der Waals surface area contributed by atoms with E-state index in [-0.39, 0.29) is 10.7 Å². The standard InChI is InChI=1S/C11H12ClN3O6/c1-5(16)9(10(17)18)14-11(19)13-6-2-3-7(12)8(4-6)15(20)21/h2-5,9,16H,1H3,(H,17,18)(H2,13,14,19)/t5-,9+/m1/s1. The van der Waals surface area contributed by atoms with Gasteiger partial charge >= 0.3 is 12.0 Å². The zero-order valence-electron chi connectivity index (χ0n) is 10.7. The van der Waals surface area contributed by atoms with Gasteiger partial charge in [-0.05, 0) is 19.1 Å². The van der Waals surface area contributed by atoms with Crippen LogP contribution in [0.5, 0.6) is 0 Å². The van der Waals surface area contributed by atoms with Crippen molar-refractivity contribution in [3.05, 3.63) is 33.3 Å². The number of anilines is 1. The van der Waals surface area contributed by atoms with Gasteiger partial charge < -0.3 is 20.8 Å². The lowest BCUT2D eigenvalue weighted by molar-refractivity contribution is -0.384. The Morgan fingerprint density at radius 3 is 2.52 bits per heavy atom. The predicted molar refractivity (Wildman–Crippen MR) is 73.4 cm³/mol. The van der Waals surface area contributed by atoms with Gasteiger partial charge in [0.25, 0.3) is 5.69 Å². The maximum atomic E-state index is 11.6. The molecule has 0 aliphatic rings. The Morgan fingerprint density at radius 1 is 1.43 bits per heavy atom. The number of aliphatic carboxylic acids is 1. The number of nitrogens with zero attached hydrogens (tertiary/aromatic N) is 1. The molecule has 0 radical (unpaired) electrons. The molecular weight excluding hydrogens is 306 g/mol. The quantitative estimate of drug-likeness (QED) is 0.475. The van der Waals surface area contributed by atoms with Gasteiger partial charge in [0.2, 0.25) is 0 Å². The zero-order chi connectivity index (χ0) is 16.2. The predicted octanol–water partition coefficient (Wildman–Crippen LogP) is 1.20. The second-order valence-corrected chi connectivity index (χ2v) is 4.49. The summed E-state index contributed by atoms with van der Waals surface area (Å²) < 4.78 is 0. The van der Waals surface area contributed by atoms with E-state index in [0.29, 0.717) is 0 Å². The number of aliphatic hydroxyl groups is 1. The summed E-state index contributed by atoms with van der Waals surface area (Å²) in [5.74, 6) is -1.41. The van der Waals surface area contributed by atoms with E-state index in [0.717, 1.165) is 6.07 Å². The third kappa shape index (κ3) is 4.58. The van der Waals surface area contributed by atoms with E-state index in [9.17, 15) is 24.8 Å². The molecule has 1 aromatic carbocycles. The topological polar surface area (TPSA) is 142 Å². The van der Waals surface area contributed by atoms with Crippen LogP contribution < -0.4 is 10.6 Å². The van der Waals surface area contributed by atoms with E-state index in [2.05, 4.69) is 5.32 Å². The van der Waals surface area contributed by atoms with Crippen molar-refractivity contribution in [2.75, 3.05) is 5.32 Å². The number of nitrogens with one attached hydrogen (secondary N) is 2. The molecule has 114 valence electrons. The number of carboxylic acids is 1. The first-order valence-electron chi connectivity index (χ1n) is 5.64. The maximum Gasteiger partial charge on any atom is 0.328 e. The molecule has 1 aromatic rings. The average Bonchev–Trinajstić information content (AvgIpc) is 2.37. The molecule has 0 spiro atoms. The van der Waals surface area contributed by atoms with Crippen LogP contribution in [-0.2, 0) is 4.79 Å². The number of nitro groups is 1. The highest BCUT2D eigenvalue weighted by atomic mass is 35.5. The van der Waals surface area contributed by atoms with Gasteiger partial charge in [-0.1, -0.05) is 11.6 Å². The third-order valence-electron chi connectivity index (χ3n) is 2.44. The largest absolute Gasteiger partial charge is 0.480 e. The number of halogens is 1. The molecule has 2 amide bonds. The monoisotopic (exact) mass is 317 g/mol. The second kappa shape index (κ2) is 6.86. The van der Waals surface area contributed by atoms with E-state index in [4.69, 9.17) is 16.7 Å². The van der Waals surface area contributed by atoms with Crippen molar-refractivity contribution in [2.24, 2.45) is 0 Å². The van der Waals surface area contributed by atoms with Crippen molar-refractivity contribution >= 4 is 35.0 Å². The number of carbonyl (C=O) groups is 2. The van der Waals surface area contributed by atoms with Crippen molar-refractivity contribution in [1.82, 2.24) is 5.32 Å². The van der Waals surface area contributed by atoms with E-state index in [1.807, 2.05) is 5.32 Å². The Kier molecular flexibility index (Phi) is 5.44. The lowest BCUT2D eigenvalue weighted by atomic mass is 10.2. The fourth-order valence-corrected chi connectivity index (χ4v) is 1.61. The minimum Gasteiger partial charge on any atom is -0.480 e. The number of aliphatic hydroxyl groups excluding tert-OH is 1. The summed E-state index contributed by atoms with van der Waals surface area (Å²) in [5, 5.41) is 32.9. The minimum atomic E-state index is -1.51. The molecule has 1 rings (SSSR count). The number of rotatable bonds is 5. The molecule has 0 fully saturated rings. The highest BCUT2D eigenvalue weighted by molar-refractivity contribution is 6.32. The van der Waals surface area contributed by atoms with Crippen LogP contribution >= 0.6 is 11.6 Å². The Morgan fingerprint density at radius 2 is 2.05 bits per heavy atom. The summed E-state index contributed by atoms with van der Waals surface area (Å²) in [6.45, 7) is 1.20. The molecule has 0 bridgehead atoms. The lowest BCUT2D eigenvalue weighted by Crippen LogP contribution is -2.49. The SMILES string of the molecule is C[C@@H](O)[C@H](NC(=O)Nc1ccc(Cl)c([N+](=O)[O-])c1)C(=O)O. The maximum absolute atomic E-state index is 11.6. The molecule has 21 heavy (non-hydrogen) atoms. The number of carbonyl (C=O) groups excluding carboxylic acids is 1. The van der Waals surface area contributed by atoms with Crippen molar-refractivity contribution in [3.63, 3.8) is 0 Å². The fraction of sp³-hybridized carbons (Fsp3) is 0.273. The summed E-state index contributed by atoms with van der Waals surface area (Å²) >= 11 is 5.61. The zero-order valence-corrected chi connectivity index (χ0v) is 11.5. The van der Waals surface area contributed by atoms with Gasteiger partial charge in [0.05, 0.1) is 11.0 Å². The number of benzene rings is 1. The average molecular weight is 318 g/mol. The summed E-state index contributed by atoms with van der Waals surface area (Å²) in [4.78, 5) is 32.4. The highest BCUT2D eigenvalue weighted by Gasteiger charge is 2.25. The first-order valence-corrected chi connectivity index (χ1v) is 6.02. The molecule has 9 nitrogen and oxygen atoms in total. The molecule has 0 aliphatic carbocycles. The first-order chi connectivity index (χ1) is 9.72. The molecule has 0 saturated carbocycles. The van der Waals surface area contributed by atoms with Crippen molar-refractivity contribution in [1.29, 1.82) is 0 Å². The van der Waals surface area contributed by atoms with Gasteiger partial charge in [-0.15, -0.1) is 0 Å². The number of amides is 2. The van der Waals surface area contributed by atoms with Crippen LogP contribution in [0, 0.1) is 10.1 Å². The normalized spacial score (nSPS) is 13.1. The molecule has 10 heteroatoms. The molecular formula is C11H12ClN3O6. The Bertz CT molecular complexity index is 577. The minimum absolute atomic E-state index is 0.0540.